The molecule has 0 unspecified atom stereocenters. The average Bonchev–Trinajstić information content (AvgIpc) is 2.47. The zero-order valence-electron chi connectivity index (χ0n) is 11.5. The monoisotopic (exact) mass is 283 g/mol. The van der Waals surface area contributed by atoms with Crippen molar-refractivity contribution in [3.8, 4) is 0 Å². The number of anilines is 1. The van der Waals surface area contributed by atoms with Crippen LogP contribution in [0.1, 0.15) is 22.8 Å². The summed E-state index contributed by atoms with van der Waals surface area (Å²) < 4.78 is 12.7. The molecule has 0 atom stereocenters. The predicted octanol–water partition coefficient (Wildman–Crippen LogP) is 3.68. The first kappa shape index (κ1) is 14.7. The third kappa shape index (κ3) is 4.38. The van der Waals surface area contributed by atoms with E-state index in [1.807, 2.05) is 0 Å². The van der Waals surface area contributed by atoms with E-state index in [4.69, 9.17) is 0 Å². The first-order chi connectivity index (χ1) is 10.0. The molecule has 4 heteroatoms. The van der Waals surface area contributed by atoms with Gasteiger partial charge in [0, 0.05) is 17.3 Å². The second-order valence-electron chi connectivity index (χ2n) is 4.51. The minimum Gasteiger partial charge on any atom is -0.322 e. The molecule has 0 saturated heterocycles. The maximum Gasteiger partial charge on any atom is 0.248 e. The molecule has 0 aliphatic rings. The normalized spacial score (nSPS) is 10.6. The van der Waals surface area contributed by atoms with Gasteiger partial charge >= 0.3 is 0 Å². The van der Waals surface area contributed by atoms with Crippen molar-refractivity contribution in [2.45, 2.75) is 6.92 Å². The van der Waals surface area contributed by atoms with E-state index in [-0.39, 0.29) is 17.5 Å². The van der Waals surface area contributed by atoms with Gasteiger partial charge in [0.15, 0.2) is 5.78 Å². The summed E-state index contributed by atoms with van der Waals surface area (Å²) in [4.78, 5) is 23.0. The van der Waals surface area contributed by atoms with E-state index in [0.717, 1.165) is 5.56 Å². The highest BCUT2D eigenvalue weighted by atomic mass is 19.1. The van der Waals surface area contributed by atoms with E-state index in [0.29, 0.717) is 11.3 Å². The Hall–Kier alpha value is -2.75. The zero-order chi connectivity index (χ0) is 15.2. The van der Waals surface area contributed by atoms with Crippen molar-refractivity contribution in [3.63, 3.8) is 0 Å². The van der Waals surface area contributed by atoms with Crippen molar-refractivity contribution < 1.29 is 14.0 Å². The van der Waals surface area contributed by atoms with Gasteiger partial charge in [-0.1, -0.05) is 24.3 Å². The molecule has 106 valence electrons. The molecule has 3 nitrogen and oxygen atoms in total. The summed E-state index contributed by atoms with van der Waals surface area (Å²) in [6, 6.07) is 12.5. The molecule has 2 aromatic carbocycles. The Bertz CT molecular complexity index is 690. The quantitative estimate of drug-likeness (QED) is 0.687. The van der Waals surface area contributed by atoms with E-state index in [2.05, 4.69) is 5.32 Å². The molecule has 0 aliphatic heterocycles. The van der Waals surface area contributed by atoms with Crippen LogP contribution >= 0.6 is 0 Å². The van der Waals surface area contributed by atoms with Crippen LogP contribution in [0.15, 0.2) is 54.6 Å². The van der Waals surface area contributed by atoms with Crippen molar-refractivity contribution in [3.05, 3.63) is 71.6 Å². The minimum absolute atomic E-state index is 0.0621. The van der Waals surface area contributed by atoms with Gasteiger partial charge in [-0.2, -0.15) is 0 Å². The zero-order valence-corrected chi connectivity index (χ0v) is 11.5. The van der Waals surface area contributed by atoms with Crippen LogP contribution in [-0.2, 0) is 4.79 Å². The molecule has 0 radical (unpaired) electrons. The van der Waals surface area contributed by atoms with Gasteiger partial charge in [0.1, 0.15) is 5.82 Å². The van der Waals surface area contributed by atoms with Crippen molar-refractivity contribution in [2.24, 2.45) is 0 Å². The lowest BCUT2D eigenvalue weighted by Gasteiger charge is -2.03. The van der Waals surface area contributed by atoms with E-state index in [9.17, 15) is 14.0 Å². The lowest BCUT2D eigenvalue weighted by Crippen LogP contribution is -2.08. The maximum atomic E-state index is 12.7. The van der Waals surface area contributed by atoms with Crippen LogP contribution in [-0.4, -0.2) is 11.7 Å². The lowest BCUT2D eigenvalue weighted by molar-refractivity contribution is -0.111. The van der Waals surface area contributed by atoms with Crippen molar-refractivity contribution >= 4 is 23.5 Å². The van der Waals surface area contributed by atoms with Crippen LogP contribution in [0, 0.1) is 5.82 Å². The Labute approximate surface area is 122 Å². The van der Waals surface area contributed by atoms with Crippen LogP contribution in [0.2, 0.25) is 0 Å². The average molecular weight is 283 g/mol. The largest absolute Gasteiger partial charge is 0.322 e. The van der Waals surface area contributed by atoms with Crippen LogP contribution in [0.3, 0.4) is 0 Å². The summed E-state index contributed by atoms with van der Waals surface area (Å²) in [7, 11) is 0. The van der Waals surface area contributed by atoms with Gasteiger partial charge in [-0.05, 0) is 42.8 Å². The Kier molecular flexibility index (Phi) is 4.61. The standard InChI is InChI=1S/C17H14FNO2/c1-12(20)14-3-2-4-16(11-14)19-17(21)10-7-13-5-8-15(18)9-6-13/h2-11H,1H3,(H,19,21)/b10-7+. The molecule has 2 aromatic rings. The van der Waals surface area contributed by atoms with Crippen LogP contribution in [0.4, 0.5) is 10.1 Å². The molecule has 0 bridgehead atoms. The summed E-state index contributed by atoms with van der Waals surface area (Å²) in [5, 5.41) is 2.67. The molecule has 0 heterocycles. The number of carbonyl (C=O) groups is 2. The Morgan fingerprint density at radius 1 is 1.10 bits per heavy atom. The van der Waals surface area contributed by atoms with Gasteiger partial charge in [0.2, 0.25) is 5.91 Å². The predicted molar refractivity (Wildman–Crippen MR) is 80.5 cm³/mol. The highest BCUT2D eigenvalue weighted by Crippen LogP contribution is 2.11. The fraction of sp³-hybridized carbons (Fsp3) is 0.0588. The second kappa shape index (κ2) is 6.61. The fourth-order valence-electron chi connectivity index (χ4n) is 1.75. The molecule has 21 heavy (non-hydrogen) atoms. The SMILES string of the molecule is CC(=O)c1cccc(NC(=O)/C=C/c2ccc(F)cc2)c1. The lowest BCUT2D eigenvalue weighted by atomic mass is 10.1. The number of Topliss-reactive ketones (excluding diaryl/α,β-unsaturated/α-hetero) is 1. The van der Waals surface area contributed by atoms with Crippen LogP contribution in [0.5, 0.6) is 0 Å². The number of amides is 1. The fourth-order valence-corrected chi connectivity index (χ4v) is 1.75. The van der Waals surface area contributed by atoms with E-state index >= 15 is 0 Å². The number of ketones is 1. The van der Waals surface area contributed by atoms with Gasteiger partial charge in [0.25, 0.3) is 0 Å². The Morgan fingerprint density at radius 2 is 1.81 bits per heavy atom. The van der Waals surface area contributed by atoms with Crippen molar-refractivity contribution in [2.75, 3.05) is 5.32 Å². The summed E-state index contributed by atoms with van der Waals surface area (Å²) in [5.74, 6) is -0.703. The molecular formula is C17H14FNO2. The topological polar surface area (TPSA) is 46.2 Å². The number of carbonyl (C=O) groups excluding carboxylic acids is 2. The number of hydrogen-bond donors (Lipinski definition) is 1. The molecular weight excluding hydrogens is 269 g/mol. The van der Waals surface area contributed by atoms with Gasteiger partial charge in [0.05, 0.1) is 0 Å². The van der Waals surface area contributed by atoms with E-state index in [1.54, 1.807) is 42.5 Å². The molecule has 1 N–H and O–H groups in total. The van der Waals surface area contributed by atoms with Crippen molar-refractivity contribution in [1.82, 2.24) is 0 Å². The third-order valence-electron chi connectivity index (χ3n) is 2.83. The molecule has 0 aromatic heterocycles. The minimum atomic E-state index is -0.322. The van der Waals surface area contributed by atoms with Gasteiger partial charge in [-0.25, -0.2) is 4.39 Å². The summed E-state index contributed by atoms with van der Waals surface area (Å²) >= 11 is 0. The number of halogens is 1. The van der Waals surface area contributed by atoms with Crippen molar-refractivity contribution in [1.29, 1.82) is 0 Å². The van der Waals surface area contributed by atoms with Crippen LogP contribution in [0.25, 0.3) is 6.08 Å². The number of nitrogens with one attached hydrogen (secondary N) is 1. The van der Waals surface area contributed by atoms with Crippen LogP contribution < -0.4 is 5.32 Å². The number of rotatable bonds is 4. The molecule has 2 rings (SSSR count). The smallest absolute Gasteiger partial charge is 0.248 e. The summed E-state index contributed by atoms with van der Waals surface area (Å²) in [6.45, 7) is 1.47. The first-order valence-corrected chi connectivity index (χ1v) is 6.40. The van der Waals surface area contributed by atoms with Gasteiger partial charge < -0.3 is 5.32 Å². The highest BCUT2D eigenvalue weighted by molar-refractivity contribution is 6.03. The van der Waals surface area contributed by atoms with E-state index < -0.39 is 0 Å². The molecule has 1 amide bonds. The van der Waals surface area contributed by atoms with Gasteiger partial charge in [-0.15, -0.1) is 0 Å². The molecule has 0 aliphatic carbocycles. The summed E-state index contributed by atoms with van der Waals surface area (Å²) in [6.07, 6.45) is 2.94. The number of benzene rings is 2. The Morgan fingerprint density at radius 3 is 2.48 bits per heavy atom. The van der Waals surface area contributed by atoms with Gasteiger partial charge in [-0.3, -0.25) is 9.59 Å². The third-order valence-corrected chi connectivity index (χ3v) is 2.83. The Balaban J connectivity index is 2.03. The maximum absolute atomic E-state index is 12.7. The highest BCUT2D eigenvalue weighted by Gasteiger charge is 2.02. The summed E-state index contributed by atoms with van der Waals surface area (Å²) in [5.41, 5.74) is 1.82. The molecule has 0 fully saturated rings. The first-order valence-electron chi connectivity index (χ1n) is 6.40. The molecule has 0 spiro atoms. The molecule has 0 saturated carbocycles. The van der Waals surface area contributed by atoms with E-state index in [1.165, 1.54) is 25.1 Å². The number of hydrogen-bond acceptors (Lipinski definition) is 2. The second-order valence-corrected chi connectivity index (χ2v) is 4.51.